The van der Waals surface area contributed by atoms with Crippen molar-refractivity contribution in [1.29, 1.82) is 0 Å². The number of aromatic nitrogens is 1. The van der Waals surface area contributed by atoms with Crippen LogP contribution in [0.3, 0.4) is 0 Å². The number of carboxylic acids is 1. The Morgan fingerprint density at radius 2 is 1.80 bits per heavy atom. The zero-order chi connectivity index (χ0) is 18.6. The third-order valence-corrected chi connectivity index (χ3v) is 4.75. The molecule has 0 spiro atoms. The number of nitrogens with one attached hydrogen (secondary N) is 2. The van der Waals surface area contributed by atoms with E-state index in [1.807, 2.05) is 0 Å². The molecule has 1 heterocycles. The highest BCUT2D eigenvalue weighted by atomic mass is 32.2. The number of rotatable bonds is 7. The molecule has 0 saturated carbocycles. The van der Waals surface area contributed by atoms with E-state index in [0.29, 0.717) is 16.9 Å². The van der Waals surface area contributed by atoms with Crippen LogP contribution in [-0.4, -0.2) is 30.6 Å². The van der Waals surface area contributed by atoms with Gasteiger partial charge in [0.1, 0.15) is 0 Å². The Morgan fingerprint density at radius 3 is 2.32 bits per heavy atom. The van der Waals surface area contributed by atoms with E-state index in [0.717, 1.165) is 0 Å². The molecule has 0 radical (unpaired) electrons. The minimum atomic E-state index is -3.86. The lowest BCUT2D eigenvalue weighted by molar-refractivity contribution is -0.138. The van der Waals surface area contributed by atoms with E-state index in [1.165, 1.54) is 24.3 Å². The summed E-state index contributed by atoms with van der Waals surface area (Å²) >= 11 is 0. The van der Waals surface area contributed by atoms with Gasteiger partial charge in [0, 0.05) is 17.7 Å². The van der Waals surface area contributed by atoms with Crippen LogP contribution in [0.1, 0.15) is 24.1 Å². The molecule has 2 aromatic rings. The molecular weight excluding hydrogens is 350 g/mol. The lowest BCUT2D eigenvalue weighted by atomic mass is 10.2. The predicted molar refractivity (Wildman–Crippen MR) is 88.7 cm³/mol. The first-order chi connectivity index (χ1) is 11.7. The van der Waals surface area contributed by atoms with Crippen molar-refractivity contribution in [1.82, 2.24) is 5.16 Å². The number of anilines is 2. The van der Waals surface area contributed by atoms with E-state index >= 15 is 0 Å². The maximum absolute atomic E-state index is 12.3. The molecule has 9 nitrogen and oxygen atoms in total. The van der Waals surface area contributed by atoms with Gasteiger partial charge in [-0.1, -0.05) is 5.16 Å². The van der Waals surface area contributed by atoms with Crippen molar-refractivity contribution in [3.63, 3.8) is 0 Å². The van der Waals surface area contributed by atoms with Gasteiger partial charge in [0.2, 0.25) is 11.8 Å². The second-order valence-electron chi connectivity index (χ2n) is 5.29. The standard InChI is InChI=1S/C15H17N3O6S/c1-9-10(2)17-24-15(9)18-25(22,23)12-5-3-11(4-6-12)16-13(19)7-8-14(20)21/h3-6,18H,7-8H2,1-2H3,(H,16,19)(H,20,21). The van der Waals surface area contributed by atoms with E-state index in [-0.39, 0.29) is 23.6 Å². The number of aliphatic carboxylic acids is 1. The number of sulfonamides is 1. The molecule has 2 rings (SSSR count). The summed E-state index contributed by atoms with van der Waals surface area (Å²) in [5.74, 6) is -1.49. The molecule has 0 aliphatic heterocycles. The molecule has 1 aromatic carbocycles. The Kier molecular flexibility index (Phi) is 5.42. The van der Waals surface area contributed by atoms with E-state index in [9.17, 15) is 18.0 Å². The molecule has 0 aliphatic rings. The lowest BCUT2D eigenvalue weighted by Gasteiger charge is -2.08. The molecule has 3 N–H and O–H groups in total. The molecule has 0 saturated heterocycles. The Labute approximate surface area is 144 Å². The third-order valence-electron chi connectivity index (χ3n) is 3.40. The highest BCUT2D eigenvalue weighted by Gasteiger charge is 2.19. The van der Waals surface area contributed by atoms with Crippen LogP contribution < -0.4 is 10.0 Å². The van der Waals surface area contributed by atoms with Gasteiger partial charge in [0.25, 0.3) is 10.0 Å². The summed E-state index contributed by atoms with van der Waals surface area (Å²) in [6.07, 6.45) is -0.445. The molecule has 0 atom stereocenters. The second-order valence-corrected chi connectivity index (χ2v) is 6.98. The number of nitrogens with zero attached hydrogens (tertiary/aromatic N) is 1. The van der Waals surface area contributed by atoms with E-state index < -0.39 is 21.9 Å². The topological polar surface area (TPSA) is 139 Å². The van der Waals surface area contributed by atoms with Gasteiger partial charge < -0.3 is 14.9 Å². The van der Waals surface area contributed by atoms with Gasteiger partial charge in [-0.3, -0.25) is 9.59 Å². The van der Waals surface area contributed by atoms with Crippen LogP contribution in [0.15, 0.2) is 33.7 Å². The maximum atomic E-state index is 12.3. The molecular formula is C15H17N3O6S. The molecule has 0 bridgehead atoms. The average molecular weight is 367 g/mol. The minimum Gasteiger partial charge on any atom is -0.481 e. The fourth-order valence-corrected chi connectivity index (χ4v) is 2.90. The van der Waals surface area contributed by atoms with Gasteiger partial charge in [-0.2, -0.15) is 0 Å². The van der Waals surface area contributed by atoms with Crippen molar-refractivity contribution in [3.8, 4) is 0 Å². The zero-order valence-corrected chi connectivity index (χ0v) is 14.4. The van der Waals surface area contributed by atoms with Gasteiger partial charge in [-0.05, 0) is 38.1 Å². The third kappa shape index (κ3) is 4.80. The van der Waals surface area contributed by atoms with Gasteiger partial charge in [0.05, 0.1) is 17.0 Å². The Bertz CT molecular complexity index is 886. The number of benzene rings is 1. The average Bonchev–Trinajstić information content (AvgIpc) is 2.85. The fraction of sp³-hybridized carbons (Fsp3) is 0.267. The van der Waals surface area contributed by atoms with Crippen molar-refractivity contribution in [2.24, 2.45) is 0 Å². The van der Waals surface area contributed by atoms with Gasteiger partial charge >= 0.3 is 5.97 Å². The number of carbonyl (C=O) groups is 2. The van der Waals surface area contributed by atoms with E-state index in [4.69, 9.17) is 9.63 Å². The van der Waals surface area contributed by atoms with Gasteiger partial charge in [-0.25, -0.2) is 13.1 Å². The van der Waals surface area contributed by atoms with Crippen LogP contribution in [0.4, 0.5) is 11.6 Å². The number of carboxylic acid groups (broad SMARTS) is 1. The van der Waals surface area contributed by atoms with Crippen LogP contribution in [0.25, 0.3) is 0 Å². The van der Waals surface area contributed by atoms with Crippen LogP contribution >= 0.6 is 0 Å². The van der Waals surface area contributed by atoms with Crippen molar-refractivity contribution in [3.05, 3.63) is 35.5 Å². The largest absolute Gasteiger partial charge is 0.481 e. The Hall–Kier alpha value is -2.88. The molecule has 10 heteroatoms. The normalized spacial score (nSPS) is 11.1. The molecule has 0 unspecified atom stereocenters. The fourth-order valence-electron chi connectivity index (χ4n) is 1.85. The minimum absolute atomic E-state index is 0.0236. The summed E-state index contributed by atoms with van der Waals surface area (Å²) < 4.78 is 31.9. The summed E-state index contributed by atoms with van der Waals surface area (Å²) in [6, 6.07) is 5.44. The van der Waals surface area contributed by atoms with E-state index in [2.05, 4.69) is 15.2 Å². The SMILES string of the molecule is Cc1noc(NS(=O)(=O)c2ccc(NC(=O)CCC(=O)O)cc2)c1C. The quantitative estimate of drug-likeness (QED) is 0.679. The Balaban J connectivity index is 2.06. The molecule has 1 amide bonds. The maximum Gasteiger partial charge on any atom is 0.303 e. The van der Waals surface area contributed by atoms with Crippen molar-refractivity contribution in [2.75, 3.05) is 10.0 Å². The molecule has 25 heavy (non-hydrogen) atoms. The molecule has 1 aromatic heterocycles. The number of hydrogen-bond acceptors (Lipinski definition) is 6. The number of aryl methyl sites for hydroxylation is 1. The summed E-state index contributed by atoms with van der Waals surface area (Å²) in [5, 5.41) is 14.7. The first-order valence-corrected chi connectivity index (χ1v) is 8.75. The smallest absolute Gasteiger partial charge is 0.303 e. The summed E-state index contributed by atoms with van der Waals surface area (Å²) in [4.78, 5) is 22.0. The molecule has 134 valence electrons. The van der Waals surface area contributed by atoms with E-state index in [1.54, 1.807) is 13.8 Å². The highest BCUT2D eigenvalue weighted by Crippen LogP contribution is 2.22. The number of hydrogen-bond donors (Lipinski definition) is 3. The molecule has 0 fully saturated rings. The van der Waals surface area contributed by atoms with Crippen molar-refractivity contribution in [2.45, 2.75) is 31.6 Å². The monoisotopic (exact) mass is 367 g/mol. The summed E-state index contributed by atoms with van der Waals surface area (Å²) in [5.41, 5.74) is 1.53. The summed E-state index contributed by atoms with van der Waals surface area (Å²) in [7, 11) is -3.86. The highest BCUT2D eigenvalue weighted by molar-refractivity contribution is 7.92. The predicted octanol–water partition coefficient (Wildman–Crippen LogP) is 1.90. The zero-order valence-electron chi connectivity index (χ0n) is 13.6. The first kappa shape index (κ1) is 18.5. The van der Waals surface area contributed by atoms with Crippen molar-refractivity contribution < 1.29 is 27.6 Å². The first-order valence-electron chi connectivity index (χ1n) is 7.26. The Morgan fingerprint density at radius 1 is 1.16 bits per heavy atom. The van der Waals surface area contributed by atoms with Gasteiger partial charge in [-0.15, -0.1) is 0 Å². The molecule has 0 aliphatic carbocycles. The lowest BCUT2D eigenvalue weighted by Crippen LogP contribution is -2.15. The second kappa shape index (κ2) is 7.34. The number of carbonyl (C=O) groups excluding carboxylic acids is 1. The van der Waals surface area contributed by atoms with Crippen molar-refractivity contribution >= 4 is 33.5 Å². The number of amides is 1. The van der Waals surface area contributed by atoms with Crippen LogP contribution in [0.5, 0.6) is 0 Å². The summed E-state index contributed by atoms with van der Waals surface area (Å²) in [6.45, 7) is 3.37. The van der Waals surface area contributed by atoms with Crippen LogP contribution in [0, 0.1) is 13.8 Å². The van der Waals surface area contributed by atoms with Gasteiger partial charge in [0.15, 0.2) is 0 Å². The van der Waals surface area contributed by atoms with Crippen LogP contribution in [-0.2, 0) is 19.6 Å². The van der Waals surface area contributed by atoms with Crippen LogP contribution in [0.2, 0.25) is 0 Å².